The van der Waals surface area contributed by atoms with E-state index >= 15 is 0 Å². The number of esters is 1. The first kappa shape index (κ1) is 17.8. The third kappa shape index (κ3) is 3.11. The number of benzene rings is 1. The van der Waals surface area contributed by atoms with E-state index in [1.807, 2.05) is 6.07 Å². The Bertz CT molecular complexity index is 1110. The Hall–Kier alpha value is -2.98. The van der Waals surface area contributed by atoms with Crippen molar-refractivity contribution in [3.63, 3.8) is 0 Å². The highest BCUT2D eigenvalue weighted by Crippen LogP contribution is 2.28. The maximum absolute atomic E-state index is 13.0. The Labute approximate surface area is 154 Å². The Morgan fingerprint density at radius 2 is 2.15 bits per heavy atom. The monoisotopic (exact) mass is 367 g/mol. The van der Waals surface area contributed by atoms with Crippen molar-refractivity contribution in [3.8, 4) is 6.07 Å². The van der Waals surface area contributed by atoms with Gasteiger partial charge in [-0.05, 0) is 44.0 Å². The van der Waals surface area contributed by atoms with E-state index in [0.717, 1.165) is 5.56 Å². The highest BCUT2D eigenvalue weighted by molar-refractivity contribution is 7.20. The Kier molecular flexibility index (Phi) is 4.87. The average molecular weight is 367 g/mol. The van der Waals surface area contributed by atoms with Crippen molar-refractivity contribution in [3.05, 3.63) is 62.0 Å². The summed E-state index contributed by atoms with van der Waals surface area (Å²) >= 11 is 1.18. The molecule has 0 atom stereocenters. The number of aryl methyl sites for hydroxylation is 2. The zero-order valence-electron chi connectivity index (χ0n) is 14.7. The SMILES string of the molecule is CCOC(=O)c1sc2nc(C)n(Cc3cccc(C#N)c3)c(=O)c2c1C. The van der Waals surface area contributed by atoms with E-state index in [9.17, 15) is 9.59 Å². The number of fused-ring (bicyclic) bond motifs is 1. The van der Waals surface area contributed by atoms with Gasteiger partial charge in [-0.2, -0.15) is 5.26 Å². The molecule has 0 fully saturated rings. The van der Waals surface area contributed by atoms with Crippen molar-refractivity contribution < 1.29 is 9.53 Å². The van der Waals surface area contributed by atoms with Crippen LogP contribution in [0.15, 0.2) is 29.1 Å². The lowest BCUT2D eigenvalue weighted by Crippen LogP contribution is -2.24. The number of ether oxygens (including phenoxy) is 1. The second kappa shape index (κ2) is 7.10. The fourth-order valence-corrected chi connectivity index (χ4v) is 3.93. The number of thiophene rings is 1. The summed E-state index contributed by atoms with van der Waals surface area (Å²) < 4.78 is 6.63. The van der Waals surface area contributed by atoms with Crippen LogP contribution in [0.25, 0.3) is 10.2 Å². The average Bonchev–Trinajstić information content (AvgIpc) is 2.95. The maximum Gasteiger partial charge on any atom is 0.348 e. The molecule has 2 heterocycles. The molecule has 0 bridgehead atoms. The number of carbonyl (C=O) groups excluding carboxylic acids is 1. The summed E-state index contributed by atoms with van der Waals surface area (Å²) in [5.41, 5.74) is 1.78. The van der Waals surface area contributed by atoms with Gasteiger partial charge >= 0.3 is 5.97 Å². The molecule has 3 rings (SSSR count). The van der Waals surface area contributed by atoms with Crippen molar-refractivity contribution in [1.82, 2.24) is 9.55 Å². The van der Waals surface area contributed by atoms with Gasteiger partial charge in [-0.3, -0.25) is 9.36 Å². The summed E-state index contributed by atoms with van der Waals surface area (Å²) in [6.45, 7) is 5.83. The van der Waals surface area contributed by atoms with Crippen LogP contribution in [0.1, 0.15) is 39.1 Å². The molecule has 26 heavy (non-hydrogen) atoms. The first-order valence-corrected chi connectivity index (χ1v) is 8.94. The van der Waals surface area contributed by atoms with E-state index in [1.165, 1.54) is 11.3 Å². The molecule has 3 aromatic rings. The summed E-state index contributed by atoms with van der Waals surface area (Å²) in [5, 5.41) is 9.48. The lowest BCUT2D eigenvalue weighted by atomic mass is 10.1. The number of hydrogen-bond donors (Lipinski definition) is 0. The number of hydrogen-bond acceptors (Lipinski definition) is 6. The van der Waals surface area contributed by atoms with Gasteiger partial charge in [0, 0.05) is 0 Å². The van der Waals surface area contributed by atoms with Crippen molar-refractivity contribution in [2.75, 3.05) is 6.61 Å². The largest absolute Gasteiger partial charge is 0.462 e. The third-order valence-electron chi connectivity index (χ3n) is 4.10. The van der Waals surface area contributed by atoms with Crippen molar-refractivity contribution in [2.45, 2.75) is 27.3 Å². The van der Waals surface area contributed by atoms with Gasteiger partial charge in [-0.25, -0.2) is 9.78 Å². The number of nitrogens with zero attached hydrogens (tertiary/aromatic N) is 3. The van der Waals surface area contributed by atoms with Gasteiger partial charge in [0.1, 0.15) is 15.5 Å². The highest BCUT2D eigenvalue weighted by Gasteiger charge is 2.21. The summed E-state index contributed by atoms with van der Waals surface area (Å²) in [5.74, 6) is 0.125. The lowest BCUT2D eigenvalue weighted by molar-refractivity contribution is 0.0531. The smallest absolute Gasteiger partial charge is 0.348 e. The molecule has 1 aromatic carbocycles. The number of nitriles is 1. The fraction of sp³-hybridized carbons (Fsp3) is 0.263. The van der Waals surface area contributed by atoms with E-state index < -0.39 is 5.97 Å². The Morgan fingerprint density at radius 1 is 1.38 bits per heavy atom. The topological polar surface area (TPSA) is 85.0 Å². The molecule has 132 valence electrons. The second-order valence-electron chi connectivity index (χ2n) is 5.82. The second-order valence-corrected chi connectivity index (χ2v) is 6.82. The lowest BCUT2D eigenvalue weighted by Gasteiger charge is -2.10. The van der Waals surface area contributed by atoms with Crippen LogP contribution >= 0.6 is 11.3 Å². The van der Waals surface area contributed by atoms with Crippen LogP contribution < -0.4 is 5.56 Å². The van der Waals surface area contributed by atoms with Gasteiger partial charge in [0.25, 0.3) is 5.56 Å². The molecule has 7 heteroatoms. The summed E-state index contributed by atoms with van der Waals surface area (Å²) in [7, 11) is 0. The van der Waals surface area contributed by atoms with Crippen LogP contribution in [0, 0.1) is 25.2 Å². The first-order valence-electron chi connectivity index (χ1n) is 8.13. The fourth-order valence-electron chi connectivity index (χ4n) is 2.82. The van der Waals surface area contributed by atoms with Gasteiger partial charge in [-0.1, -0.05) is 12.1 Å². The summed E-state index contributed by atoms with van der Waals surface area (Å²) in [4.78, 5) is 30.6. The molecule has 0 spiro atoms. The van der Waals surface area contributed by atoms with Crippen LogP contribution in [0.3, 0.4) is 0 Å². The van der Waals surface area contributed by atoms with Crippen LogP contribution in [-0.4, -0.2) is 22.1 Å². The van der Waals surface area contributed by atoms with Gasteiger partial charge < -0.3 is 4.74 Å². The highest BCUT2D eigenvalue weighted by atomic mass is 32.1. The first-order chi connectivity index (χ1) is 12.5. The number of carbonyl (C=O) groups is 1. The van der Waals surface area contributed by atoms with Crippen molar-refractivity contribution >= 4 is 27.5 Å². The predicted octanol–water partition coefficient (Wildman–Crippen LogP) is 3.17. The van der Waals surface area contributed by atoms with E-state index in [0.29, 0.717) is 38.6 Å². The summed E-state index contributed by atoms with van der Waals surface area (Å²) in [6.07, 6.45) is 0. The minimum absolute atomic E-state index is 0.195. The van der Waals surface area contributed by atoms with Crippen molar-refractivity contribution in [1.29, 1.82) is 5.26 Å². The van der Waals surface area contributed by atoms with E-state index in [-0.39, 0.29) is 12.2 Å². The van der Waals surface area contributed by atoms with Crippen molar-refractivity contribution in [2.24, 2.45) is 0 Å². The maximum atomic E-state index is 13.0. The van der Waals surface area contributed by atoms with E-state index in [4.69, 9.17) is 10.00 Å². The number of rotatable bonds is 4. The third-order valence-corrected chi connectivity index (χ3v) is 5.26. The Morgan fingerprint density at radius 3 is 2.85 bits per heavy atom. The molecule has 0 aliphatic heterocycles. The quantitative estimate of drug-likeness (QED) is 0.661. The molecule has 0 saturated carbocycles. The molecule has 0 aliphatic rings. The molecule has 0 aliphatic carbocycles. The summed E-state index contributed by atoms with van der Waals surface area (Å²) in [6, 6.07) is 9.21. The van der Waals surface area contributed by atoms with Gasteiger partial charge in [0.2, 0.25) is 0 Å². The standard InChI is InChI=1S/C19H17N3O3S/c1-4-25-19(24)16-11(2)15-17(26-16)21-12(3)22(18(15)23)10-14-7-5-6-13(8-14)9-20/h5-8H,4,10H2,1-3H3. The van der Waals surface area contributed by atoms with Gasteiger partial charge in [-0.15, -0.1) is 11.3 Å². The van der Waals surface area contributed by atoms with Gasteiger partial charge in [0.15, 0.2) is 0 Å². The van der Waals surface area contributed by atoms with E-state index in [1.54, 1.807) is 43.5 Å². The molecule has 0 radical (unpaired) electrons. The zero-order chi connectivity index (χ0) is 18.8. The Balaban J connectivity index is 2.12. The minimum Gasteiger partial charge on any atom is -0.462 e. The normalized spacial score (nSPS) is 10.7. The van der Waals surface area contributed by atoms with Crippen LogP contribution in [-0.2, 0) is 11.3 Å². The molecule has 0 N–H and O–H groups in total. The van der Waals surface area contributed by atoms with Crippen LogP contribution in [0.4, 0.5) is 0 Å². The van der Waals surface area contributed by atoms with Gasteiger partial charge in [0.05, 0.1) is 30.2 Å². The van der Waals surface area contributed by atoms with Crippen LogP contribution in [0.2, 0.25) is 0 Å². The predicted molar refractivity (Wildman–Crippen MR) is 99.6 cm³/mol. The molecule has 2 aromatic heterocycles. The van der Waals surface area contributed by atoms with Crippen LogP contribution in [0.5, 0.6) is 0 Å². The molecule has 6 nitrogen and oxygen atoms in total. The molecular weight excluding hydrogens is 350 g/mol. The zero-order valence-corrected chi connectivity index (χ0v) is 15.5. The molecule has 0 unspecified atom stereocenters. The number of aromatic nitrogens is 2. The molecular formula is C19H17N3O3S. The molecule has 0 amide bonds. The molecule has 0 saturated heterocycles. The minimum atomic E-state index is -0.432. The van der Waals surface area contributed by atoms with E-state index in [2.05, 4.69) is 11.1 Å².